The second kappa shape index (κ2) is 8.33. The summed E-state index contributed by atoms with van der Waals surface area (Å²) in [7, 11) is 0. The molecule has 1 saturated heterocycles. The molecule has 1 atom stereocenters. The van der Waals surface area contributed by atoms with Crippen molar-refractivity contribution in [2.24, 2.45) is 0 Å². The zero-order chi connectivity index (χ0) is 17.6. The number of hydrogen-bond acceptors (Lipinski definition) is 5. The number of likely N-dealkylation sites (tertiary alicyclic amines) is 1. The molecule has 0 saturated carbocycles. The molecule has 0 aromatic carbocycles. The first-order chi connectivity index (χ1) is 12.1. The van der Waals surface area contributed by atoms with Crippen molar-refractivity contribution in [3.63, 3.8) is 0 Å². The smallest absolute Gasteiger partial charge is 0.251 e. The molecule has 2 aromatic heterocycles. The predicted octanol–water partition coefficient (Wildman–Crippen LogP) is 1.84. The second-order valence-electron chi connectivity index (χ2n) is 6.28. The fraction of sp³-hybridized carbons (Fsp3) is 0.529. The Hall–Kier alpha value is -2.09. The van der Waals surface area contributed by atoms with Gasteiger partial charge in [-0.25, -0.2) is 4.98 Å². The van der Waals surface area contributed by atoms with Crippen molar-refractivity contribution >= 4 is 17.7 Å². The quantitative estimate of drug-likeness (QED) is 0.627. The number of carbonyl (C=O) groups excluding carboxylic acids is 1. The number of nitrogens with one attached hydrogen (secondary N) is 1. The van der Waals surface area contributed by atoms with Crippen LogP contribution < -0.4 is 5.56 Å². The van der Waals surface area contributed by atoms with Crippen LogP contribution in [0.5, 0.6) is 0 Å². The average Bonchev–Trinajstić information content (AvgIpc) is 3.11. The number of thioether (sulfide) groups is 1. The highest BCUT2D eigenvalue weighted by Crippen LogP contribution is 2.22. The van der Waals surface area contributed by atoms with Gasteiger partial charge in [0, 0.05) is 43.3 Å². The van der Waals surface area contributed by atoms with Crippen molar-refractivity contribution in [3.05, 3.63) is 40.6 Å². The van der Waals surface area contributed by atoms with Gasteiger partial charge in [0.2, 0.25) is 5.91 Å². The van der Waals surface area contributed by atoms with E-state index in [4.69, 9.17) is 0 Å². The topological polar surface area (TPSA) is 83.9 Å². The van der Waals surface area contributed by atoms with Gasteiger partial charge in [-0.05, 0) is 38.7 Å². The largest absolute Gasteiger partial charge is 0.339 e. The Morgan fingerprint density at radius 1 is 1.44 bits per heavy atom. The van der Waals surface area contributed by atoms with E-state index in [1.54, 1.807) is 13.1 Å². The molecule has 1 N–H and O–H groups in total. The summed E-state index contributed by atoms with van der Waals surface area (Å²) in [6.07, 6.45) is 7.89. The van der Waals surface area contributed by atoms with E-state index in [1.807, 2.05) is 21.8 Å². The average molecular weight is 361 g/mol. The molecule has 134 valence electrons. The zero-order valence-corrected chi connectivity index (χ0v) is 15.2. The lowest BCUT2D eigenvalue weighted by atomic mass is 9.99. The maximum absolute atomic E-state index is 12.7. The van der Waals surface area contributed by atoms with Crippen molar-refractivity contribution in [1.29, 1.82) is 0 Å². The van der Waals surface area contributed by atoms with Crippen molar-refractivity contribution < 1.29 is 4.79 Å². The number of amides is 1. The van der Waals surface area contributed by atoms with Gasteiger partial charge < -0.3 is 9.88 Å². The first-order valence-corrected chi connectivity index (χ1v) is 9.58. The van der Waals surface area contributed by atoms with Crippen LogP contribution in [0.4, 0.5) is 0 Å². The number of H-pyrrole nitrogens is 1. The van der Waals surface area contributed by atoms with Gasteiger partial charge in [0.25, 0.3) is 5.56 Å². The predicted molar refractivity (Wildman–Crippen MR) is 96.5 cm³/mol. The van der Waals surface area contributed by atoms with Gasteiger partial charge in [0.15, 0.2) is 5.16 Å². The monoisotopic (exact) mass is 361 g/mol. The summed E-state index contributed by atoms with van der Waals surface area (Å²) in [5, 5.41) is 4.73. The van der Waals surface area contributed by atoms with Crippen LogP contribution in [0.2, 0.25) is 0 Å². The van der Waals surface area contributed by atoms with Gasteiger partial charge in [-0.3, -0.25) is 14.3 Å². The number of carbonyl (C=O) groups is 1. The molecule has 1 amide bonds. The number of rotatable bonds is 6. The van der Waals surface area contributed by atoms with Crippen LogP contribution in [0.25, 0.3) is 0 Å². The van der Waals surface area contributed by atoms with Gasteiger partial charge in [-0.2, -0.15) is 5.10 Å². The van der Waals surface area contributed by atoms with E-state index in [0.29, 0.717) is 16.6 Å². The molecule has 25 heavy (non-hydrogen) atoms. The molecule has 0 spiro atoms. The molecule has 3 rings (SSSR count). The fourth-order valence-electron chi connectivity index (χ4n) is 3.18. The van der Waals surface area contributed by atoms with Gasteiger partial charge in [0.05, 0.1) is 5.75 Å². The first-order valence-electron chi connectivity index (χ1n) is 8.59. The second-order valence-corrected chi connectivity index (χ2v) is 7.24. The molecule has 0 bridgehead atoms. The molecule has 1 aliphatic heterocycles. The normalized spacial score (nSPS) is 17.6. The molecule has 1 fully saturated rings. The molecule has 0 radical (unpaired) electrons. The number of aryl methyl sites for hydroxylation is 2. The highest BCUT2D eigenvalue weighted by atomic mass is 32.2. The first kappa shape index (κ1) is 17.7. The van der Waals surface area contributed by atoms with Gasteiger partial charge >= 0.3 is 0 Å². The van der Waals surface area contributed by atoms with Crippen LogP contribution in [-0.4, -0.2) is 48.9 Å². The minimum absolute atomic E-state index is 0.110. The number of aromatic nitrogens is 4. The Bertz CT molecular complexity index is 759. The van der Waals surface area contributed by atoms with Crippen LogP contribution in [0.15, 0.2) is 34.5 Å². The van der Waals surface area contributed by atoms with E-state index >= 15 is 0 Å². The van der Waals surface area contributed by atoms with E-state index in [2.05, 4.69) is 15.1 Å². The number of aromatic amines is 1. The Balaban J connectivity index is 1.57. The zero-order valence-electron chi connectivity index (χ0n) is 14.4. The highest BCUT2D eigenvalue weighted by Gasteiger charge is 2.26. The third-order valence-electron chi connectivity index (χ3n) is 4.38. The van der Waals surface area contributed by atoms with E-state index in [-0.39, 0.29) is 17.5 Å². The Kier molecular flexibility index (Phi) is 5.91. The minimum Gasteiger partial charge on any atom is -0.339 e. The third-order valence-corrected chi connectivity index (χ3v) is 5.24. The van der Waals surface area contributed by atoms with Crippen LogP contribution in [0.3, 0.4) is 0 Å². The maximum atomic E-state index is 12.7. The summed E-state index contributed by atoms with van der Waals surface area (Å²) in [6.45, 7) is 3.40. The summed E-state index contributed by atoms with van der Waals surface area (Å²) in [4.78, 5) is 33.1. The van der Waals surface area contributed by atoms with Gasteiger partial charge in [0.1, 0.15) is 0 Å². The maximum Gasteiger partial charge on any atom is 0.251 e. The van der Waals surface area contributed by atoms with Crippen LogP contribution in [0.1, 0.15) is 31.4 Å². The van der Waals surface area contributed by atoms with E-state index in [1.165, 1.54) is 17.8 Å². The molecule has 7 nitrogen and oxygen atoms in total. The van der Waals surface area contributed by atoms with Crippen LogP contribution in [0, 0.1) is 6.92 Å². The highest BCUT2D eigenvalue weighted by molar-refractivity contribution is 7.99. The Morgan fingerprint density at radius 2 is 2.32 bits per heavy atom. The summed E-state index contributed by atoms with van der Waals surface area (Å²) >= 11 is 1.29. The van der Waals surface area contributed by atoms with E-state index < -0.39 is 0 Å². The van der Waals surface area contributed by atoms with E-state index in [0.717, 1.165) is 38.8 Å². The molecule has 0 aliphatic carbocycles. The van der Waals surface area contributed by atoms with Gasteiger partial charge in [-0.15, -0.1) is 0 Å². The van der Waals surface area contributed by atoms with Crippen LogP contribution in [-0.2, 0) is 11.3 Å². The van der Waals surface area contributed by atoms with Crippen LogP contribution >= 0.6 is 11.8 Å². The summed E-state index contributed by atoms with van der Waals surface area (Å²) < 4.78 is 1.91. The SMILES string of the molecule is Cc1cc(=O)[nH]c(SCC(=O)N2CCCC[C@@H]2CCn2cccn2)n1. The lowest BCUT2D eigenvalue weighted by Gasteiger charge is -2.36. The van der Waals surface area contributed by atoms with Gasteiger partial charge in [-0.1, -0.05) is 11.8 Å². The lowest BCUT2D eigenvalue weighted by Crippen LogP contribution is -2.45. The Morgan fingerprint density at radius 3 is 3.08 bits per heavy atom. The van der Waals surface area contributed by atoms with Crippen molar-refractivity contribution in [3.8, 4) is 0 Å². The molecular formula is C17H23N5O2S. The van der Waals surface area contributed by atoms with Crippen molar-refractivity contribution in [2.45, 2.75) is 50.4 Å². The third kappa shape index (κ3) is 4.94. The number of nitrogens with zero attached hydrogens (tertiary/aromatic N) is 4. The summed E-state index contributed by atoms with van der Waals surface area (Å²) in [6, 6.07) is 3.62. The minimum atomic E-state index is -0.183. The van der Waals surface area contributed by atoms with Crippen molar-refractivity contribution in [2.75, 3.05) is 12.3 Å². The lowest BCUT2D eigenvalue weighted by molar-refractivity contribution is -0.132. The number of hydrogen-bond donors (Lipinski definition) is 1. The molecule has 3 heterocycles. The molecule has 2 aromatic rings. The Labute approximate surface area is 150 Å². The molecule has 0 unspecified atom stereocenters. The summed E-state index contributed by atoms with van der Waals surface area (Å²) in [5.41, 5.74) is 0.478. The fourth-order valence-corrected chi connectivity index (χ4v) is 3.98. The van der Waals surface area contributed by atoms with Crippen molar-refractivity contribution in [1.82, 2.24) is 24.6 Å². The molecule has 8 heteroatoms. The molecule has 1 aliphatic rings. The molecular weight excluding hydrogens is 338 g/mol. The number of piperidine rings is 1. The summed E-state index contributed by atoms with van der Waals surface area (Å²) in [5.74, 6) is 0.407. The van der Waals surface area contributed by atoms with E-state index in [9.17, 15) is 9.59 Å². The standard InChI is InChI=1S/C17H23N5O2S/c1-13-11-15(23)20-17(19-13)25-12-16(24)22-9-3-2-5-14(22)6-10-21-8-4-7-18-21/h4,7-8,11,14H,2-3,5-6,9-10,12H2,1H3,(H,19,20,23)/t14-/m1/s1.